The molecule has 17 heavy (non-hydrogen) atoms. The van der Waals surface area contributed by atoms with Gasteiger partial charge >= 0.3 is 0 Å². The van der Waals surface area contributed by atoms with Crippen molar-refractivity contribution in [2.24, 2.45) is 0 Å². The molecule has 0 amide bonds. The number of ether oxygens (including phenoxy) is 1. The van der Waals surface area contributed by atoms with Crippen LogP contribution in [0.15, 0.2) is 36.7 Å². The minimum atomic E-state index is 0.225. The van der Waals surface area contributed by atoms with Gasteiger partial charge in [0.25, 0.3) is 0 Å². The summed E-state index contributed by atoms with van der Waals surface area (Å²) in [5.74, 6) is 0.780. The van der Waals surface area contributed by atoms with Gasteiger partial charge in [-0.2, -0.15) is 10.5 Å². The second-order valence-corrected chi connectivity index (χ2v) is 3.09. The van der Waals surface area contributed by atoms with Crippen molar-refractivity contribution >= 4 is 0 Å². The number of benzene rings is 1. The molecule has 1 aromatic carbocycles. The Kier molecular flexibility index (Phi) is 2.95. The molecule has 2 aromatic rings. The lowest BCUT2D eigenvalue weighted by molar-refractivity contribution is 0.460. The highest BCUT2D eigenvalue weighted by atomic mass is 16.5. The molecule has 1 heterocycles. The fourth-order valence-corrected chi connectivity index (χ4v) is 1.18. The van der Waals surface area contributed by atoms with Gasteiger partial charge in [-0.1, -0.05) is 6.07 Å². The lowest BCUT2D eigenvalue weighted by Gasteiger charge is -2.03. The molecule has 0 saturated heterocycles. The predicted octanol–water partition coefficient (Wildman–Crippen LogP) is 2.01. The van der Waals surface area contributed by atoms with Crippen LogP contribution in [0.4, 0.5) is 0 Å². The summed E-state index contributed by atoms with van der Waals surface area (Å²) in [7, 11) is 0. The van der Waals surface area contributed by atoms with Crippen molar-refractivity contribution in [1.29, 1.82) is 10.5 Å². The first-order valence-electron chi connectivity index (χ1n) is 4.72. The molecule has 5 nitrogen and oxygen atoms in total. The van der Waals surface area contributed by atoms with Crippen LogP contribution in [-0.2, 0) is 0 Å². The third kappa shape index (κ3) is 2.55. The quantitative estimate of drug-likeness (QED) is 0.776. The molecule has 0 fully saturated rings. The van der Waals surface area contributed by atoms with Gasteiger partial charge < -0.3 is 4.74 Å². The van der Waals surface area contributed by atoms with E-state index in [1.54, 1.807) is 24.3 Å². The molecule has 0 radical (unpaired) electrons. The van der Waals surface area contributed by atoms with Crippen LogP contribution in [0.2, 0.25) is 0 Å². The molecular formula is C12H6N4O. The molecule has 5 heteroatoms. The van der Waals surface area contributed by atoms with Crippen LogP contribution >= 0.6 is 0 Å². The van der Waals surface area contributed by atoms with Crippen molar-refractivity contribution in [2.45, 2.75) is 0 Å². The summed E-state index contributed by atoms with van der Waals surface area (Å²) in [5.41, 5.74) is 0.729. The third-order valence-corrected chi connectivity index (χ3v) is 1.93. The highest BCUT2D eigenvalue weighted by Gasteiger charge is 2.01. The van der Waals surface area contributed by atoms with E-state index in [9.17, 15) is 0 Å². The molecule has 0 aliphatic heterocycles. The maximum atomic E-state index is 8.73. The van der Waals surface area contributed by atoms with Gasteiger partial charge in [-0.25, -0.2) is 9.97 Å². The van der Waals surface area contributed by atoms with Crippen LogP contribution in [0, 0.1) is 22.7 Å². The van der Waals surface area contributed by atoms with Crippen LogP contribution in [0.1, 0.15) is 11.3 Å². The number of nitriles is 2. The normalized spacial score (nSPS) is 9.06. The molecule has 80 valence electrons. The SMILES string of the molecule is N#Cc1cccc(Oc2cnc(C#N)cn2)c1. The average molecular weight is 222 g/mol. The first-order valence-corrected chi connectivity index (χ1v) is 4.72. The number of hydrogen-bond donors (Lipinski definition) is 0. The Morgan fingerprint density at radius 3 is 2.59 bits per heavy atom. The first-order chi connectivity index (χ1) is 8.31. The highest BCUT2D eigenvalue weighted by Crippen LogP contribution is 2.19. The van der Waals surface area contributed by atoms with Gasteiger partial charge in [0.15, 0.2) is 5.69 Å². The smallest absolute Gasteiger partial charge is 0.237 e. The fourth-order valence-electron chi connectivity index (χ4n) is 1.18. The van der Waals surface area contributed by atoms with E-state index in [1.165, 1.54) is 12.4 Å². The number of aromatic nitrogens is 2. The Hall–Kier alpha value is -2.92. The van der Waals surface area contributed by atoms with E-state index in [4.69, 9.17) is 15.3 Å². The summed E-state index contributed by atoms with van der Waals surface area (Å²) < 4.78 is 5.39. The predicted molar refractivity (Wildman–Crippen MR) is 58.0 cm³/mol. The fraction of sp³-hybridized carbons (Fsp3) is 0. The molecule has 0 N–H and O–H groups in total. The van der Waals surface area contributed by atoms with Crippen molar-refractivity contribution in [3.8, 4) is 23.8 Å². The zero-order chi connectivity index (χ0) is 12.1. The minimum absolute atomic E-state index is 0.225. The van der Waals surface area contributed by atoms with Gasteiger partial charge in [-0.3, -0.25) is 0 Å². The Balaban J connectivity index is 2.20. The van der Waals surface area contributed by atoms with Crippen LogP contribution < -0.4 is 4.74 Å². The Morgan fingerprint density at radius 2 is 1.94 bits per heavy atom. The van der Waals surface area contributed by atoms with E-state index in [0.29, 0.717) is 11.3 Å². The van der Waals surface area contributed by atoms with E-state index < -0.39 is 0 Å². The molecular weight excluding hydrogens is 216 g/mol. The standard InChI is InChI=1S/C12H6N4O/c13-5-9-2-1-3-11(4-9)17-12-8-15-10(6-14)7-16-12/h1-4,7-8H. The van der Waals surface area contributed by atoms with E-state index >= 15 is 0 Å². The van der Waals surface area contributed by atoms with E-state index in [1.807, 2.05) is 12.1 Å². The van der Waals surface area contributed by atoms with Crippen molar-refractivity contribution < 1.29 is 4.74 Å². The van der Waals surface area contributed by atoms with Gasteiger partial charge in [0.05, 0.1) is 24.0 Å². The minimum Gasteiger partial charge on any atom is -0.437 e. The molecule has 0 aliphatic rings. The zero-order valence-corrected chi connectivity index (χ0v) is 8.66. The molecule has 0 spiro atoms. The molecule has 0 bridgehead atoms. The molecule has 0 aliphatic carbocycles. The average Bonchev–Trinajstić information content (AvgIpc) is 2.40. The second kappa shape index (κ2) is 4.73. The maximum Gasteiger partial charge on any atom is 0.237 e. The van der Waals surface area contributed by atoms with Crippen molar-refractivity contribution in [2.75, 3.05) is 0 Å². The summed E-state index contributed by atoms with van der Waals surface area (Å²) in [6.45, 7) is 0. The van der Waals surface area contributed by atoms with Crippen LogP contribution in [-0.4, -0.2) is 9.97 Å². The molecule has 2 rings (SSSR count). The van der Waals surface area contributed by atoms with Gasteiger partial charge in [0.1, 0.15) is 11.8 Å². The summed E-state index contributed by atoms with van der Waals surface area (Å²) in [5, 5.41) is 17.3. The maximum absolute atomic E-state index is 8.73. The monoisotopic (exact) mass is 222 g/mol. The van der Waals surface area contributed by atoms with Gasteiger partial charge in [0, 0.05) is 0 Å². The van der Waals surface area contributed by atoms with E-state index in [-0.39, 0.29) is 11.6 Å². The van der Waals surface area contributed by atoms with Crippen molar-refractivity contribution in [3.05, 3.63) is 47.9 Å². The second-order valence-electron chi connectivity index (χ2n) is 3.09. The summed E-state index contributed by atoms with van der Waals surface area (Å²) >= 11 is 0. The van der Waals surface area contributed by atoms with Gasteiger partial charge in [-0.05, 0) is 18.2 Å². The first kappa shape index (κ1) is 10.6. The van der Waals surface area contributed by atoms with Crippen LogP contribution in [0.5, 0.6) is 11.6 Å². The summed E-state index contributed by atoms with van der Waals surface area (Å²) in [6.07, 6.45) is 2.68. The van der Waals surface area contributed by atoms with Gasteiger partial charge in [-0.15, -0.1) is 0 Å². The number of hydrogen-bond acceptors (Lipinski definition) is 5. The Bertz CT molecular complexity index is 608. The zero-order valence-electron chi connectivity index (χ0n) is 8.66. The number of rotatable bonds is 2. The molecule has 1 aromatic heterocycles. The van der Waals surface area contributed by atoms with Crippen molar-refractivity contribution in [3.63, 3.8) is 0 Å². The number of nitrogens with zero attached hydrogens (tertiary/aromatic N) is 4. The lowest BCUT2D eigenvalue weighted by atomic mass is 10.2. The van der Waals surface area contributed by atoms with Gasteiger partial charge in [0.2, 0.25) is 5.88 Å². The van der Waals surface area contributed by atoms with Crippen LogP contribution in [0.25, 0.3) is 0 Å². The molecule has 0 saturated carbocycles. The van der Waals surface area contributed by atoms with E-state index in [2.05, 4.69) is 9.97 Å². The lowest BCUT2D eigenvalue weighted by Crippen LogP contribution is -1.91. The van der Waals surface area contributed by atoms with Crippen LogP contribution in [0.3, 0.4) is 0 Å². The third-order valence-electron chi connectivity index (χ3n) is 1.93. The molecule has 0 unspecified atom stereocenters. The summed E-state index contributed by atoms with van der Waals surface area (Å²) in [6, 6.07) is 10.6. The van der Waals surface area contributed by atoms with Crippen molar-refractivity contribution in [1.82, 2.24) is 9.97 Å². The largest absolute Gasteiger partial charge is 0.437 e. The Morgan fingerprint density at radius 1 is 1.06 bits per heavy atom. The van der Waals surface area contributed by atoms with E-state index in [0.717, 1.165) is 0 Å². The topological polar surface area (TPSA) is 82.6 Å². The highest BCUT2D eigenvalue weighted by molar-refractivity contribution is 5.37. The molecule has 0 atom stereocenters. The Labute approximate surface area is 97.6 Å². The summed E-state index contributed by atoms with van der Waals surface area (Å²) in [4.78, 5) is 7.73.